The third-order valence-corrected chi connectivity index (χ3v) is 1.81. The molecule has 4 heteroatoms. The molecule has 0 radical (unpaired) electrons. The minimum absolute atomic E-state index is 0.309. The smallest absolute Gasteiger partial charge is 0.0897 e. The van der Waals surface area contributed by atoms with E-state index in [1.54, 1.807) is 0 Å². The molecule has 1 unspecified atom stereocenters. The number of H-pyrrole nitrogens is 1. The first-order valence-corrected chi connectivity index (χ1v) is 3.89. The van der Waals surface area contributed by atoms with Gasteiger partial charge in [-0.2, -0.15) is 15.4 Å². The number of nitrogens with zero attached hydrogens (tertiary/aromatic N) is 2. The Morgan fingerprint density at radius 2 is 2.27 bits per heavy atom. The number of hydrogen-bond acceptors (Lipinski definition) is 3. The lowest BCUT2D eigenvalue weighted by atomic mass is 10.1. The zero-order valence-corrected chi connectivity index (χ0v) is 6.96. The molecule has 0 saturated heterocycles. The Morgan fingerprint density at radius 3 is 2.82 bits per heavy atom. The molecule has 1 aromatic heterocycles. The van der Waals surface area contributed by atoms with Gasteiger partial charge in [-0.15, -0.1) is 0 Å². The van der Waals surface area contributed by atoms with Crippen molar-refractivity contribution >= 4 is 0 Å². The van der Waals surface area contributed by atoms with Gasteiger partial charge < -0.3 is 5.73 Å². The molecule has 0 amide bonds. The second-order valence-electron chi connectivity index (χ2n) is 2.65. The van der Waals surface area contributed by atoms with E-state index in [1.807, 2.05) is 0 Å². The van der Waals surface area contributed by atoms with Crippen LogP contribution in [0.15, 0.2) is 0 Å². The predicted molar refractivity (Wildman–Crippen MR) is 43.2 cm³/mol. The molecule has 4 nitrogen and oxygen atoms in total. The van der Waals surface area contributed by atoms with Crippen molar-refractivity contribution in [3.05, 3.63) is 11.4 Å². The van der Waals surface area contributed by atoms with E-state index in [1.165, 1.54) is 0 Å². The summed E-state index contributed by atoms with van der Waals surface area (Å²) in [5.41, 5.74) is 7.54. The lowest BCUT2D eigenvalue weighted by Gasteiger charge is -2.04. The molecule has 62 valence electrons. The number of aromatic nitrogens is 3. The van der Waals surface area contributed by atoms with Crippen LogP contribution in [0.4, 0.5) is 0 Å². The van der Waals surface area contributed by atoms with E-state index in [0.29, 0.717) is 12.5 Å². The molecule has 1 rings (SSSR count). The fourth-order valence-corrected chi connectivity index (χ4v) is 1.03. The number of aryl methyl sites for hydroxylation is 1. The van der Waals surface area contributed by atoms with Crippen molar-refractivity contribution in [3.63, 3.8) is 0 Å². The van der Waals surface area contributed by atoms with Crippen LogP contribution in [0.5, 0.6) is 0 Å². The maximum atomic E-state index is 5.51. The molecule has 0 bridgehead atoms. The molecule has 0 fully saturated rings. The van der Waals surface area contributed by atoms with Crippen molar-refractivity contribution in [1.29, 1.82) is 0 Å². The van der Waals surface area contributed by atoms with E-state index in [2.05, 4.69) is 29.3 Å². The summed E-state index contributed by atoms with van der Waals surface area (Å²) in [6.07, 6.45) is 0.913. The zero-order chi connectivity index (χ0) is 8.27. The van der Waals surface area contributed by atoms with Gasteiger partial charge in [0.1, 0.15) is 0 Å². The standard InChI is InChI=1S/C7H14N4/c1-3-6-7(5(2)4-8)10-11-9-6/h5H,3-4,8H2,1-2H3,(H,9,10,11). The largest absolute Gasteiger partial charge is 0.330 e. The molecule has 3 N–H and O–H groups in total. The second kappa shape index (κ2) is 3.48. The fraction of sp³-hybridized carbons (Fsp3) is 0.714. The van der Waals surface area contributed by atoms with Gasteiger partial charge >= 0.3 is 0 Å². The Kier molecular flexibility index (Phi) is 2.59. The summed E-state index contributed by atoms with van der Waals surface area (Å²) < 4.78 is 0. The molecular formula is C7H14N4. The molecule has 0 spiro atoms. The van der Waals surface area contributed by atoms with Crippen LogP contribution in [0.2, 0.25) is 0 Å². The molecule has 1 aromatic rings. The Balaban J connectivity index is 2.83. The first-order valence-electron chi connectivity index (χ1n) is 3.89. The second-order valence-corrected chi connectivity index (χ2v) is 2.65. The van der Waals surface area contributed by atoms with Gasteiger partial charge in [0, 0.05) is 12.5 Å². The number of aromatic amines is 1. The molecule has 1 atom stereocenters. The van der Waals surface area contributed by atoms with Crippen molar-refractivity contribution in [1.82, 2.24) is 15.4 Å². The van der Waals surface area contributed by atoms with Crippen molar-refractivity contribution in [2.45, 2.75) is 26.2 Å². The van der Waals surface area contributed by atoms with E-state index < -0.39 is 0 Å². The Labute approximate surface area is 66.2 Å². The Hall–Kier alpha value is -0.900. The summed E-state index contributed by atoms with van der Waals surface area (Å²) >= 11 is 0. The molecule has 0 saturated carbocycles. The van der Waals surface area contributed by atoms with E-state index in [4.69, 9.17) is 5.73 Å². The summed E-state index contributed by atoms with van der Waals surface area (Å²) in [7, 11) is 0. The maximum absolute atomic E-state index is 5.51. The monoisotopic (exact) mass is 154 g/mol. The molecule has 0 aliphatic rings. The molecule has 0 aromatic carbocycles. The molecule has 1 heterocycles. The topological polar surface area (TPSA) is 67.6 Å². The summed E-state index contributed by atoms with van der Waals surface area (Å²) in [6, 6.07) is 0. The highest BCUT2D eigenvalue weighted by molar-refractivity contribution is 5.13. The third kappa shape index (κ3) is 1.57. The van der Waals surface area contributed by atoms with Crippen LogP contribution in [-0.4, -0.2) is 22.0 Å². The highest BCUT2D eigenvalue weighted by Gasteiger charge is 2.11. The SMILES string of the molecule is CCc1n[nH]nc1C(C)CN. The third-order valence-electron chi connectivity index (χ3n) is 1.81. The van der Waals surface area contributed by atoms with E-state index in [0.717, 1.165) is 17.8 Å². The summed E-state index contributed by atoms with van der Waals surface area (Å²) in [4.78, 5) is 0. The van der Waals surface area contributed by atoms with Crippen molar-refractivity contribution < 1.29 is 0 Å². The fourth-order valence-electron chi connectivity index (χ4n) is 1.03. The number of nitrogens with two attached hydrogens (primary N) is 1. The van der Waals surface area contributed by atoms with Crippen LogP contribution < -0.4 is 5.73 Å². The van der Waals surface area contributed by atoms with Gasteiger partial charge in [0.15, 0.2) is 0 Å². The molecule has 0 aliphatic carbocycles. The normalized spacial score (nSPS) is 13.4. The summed E-state index contributed by atoms with van der Waals surface area (Å²) in [6.45, 7) is 4.74. The minimum Gasteiger partial charge on any atom is -0.330 e. The summed E-state index contributed by atoms with van der Waals surface area (Å²) in [5.74, 6) is 0.309. The van der Waals surface area contributed by atoms with Crippen molar-refractivity contribution in [3.8, 4) is 0 Å². The zero-order valence-electron chi connectivity index (χ0n) is 6.96. The lowest BCUT2D eigenvalue weighted by Crippen LogP contribution is -2.10. The van der Waals surface area contributed by atoms with Gasteiger partial charge in [-0.25, -0.2) is 0 Å². The van der Waals surface area contributed by atoms with Crippen LogP contribution >= 0.6 is 0 Å². The molecule has 11 heavy (non-hydrogen) atoms. The van der Waals surface area contributed by atoms with E-state index >= 15 is 0 Å². The highest BCUT2D eigenvalue weighted by Crippen LogP contribution is 2.13. The van der Waals surface area contributed by atoms with E-state index in [-0.39, 0.29) is 0 Å². The van der Waals surface area contributed by atoms with Crippen LogP contribution in [0.3, 0.4) is 0 Å². The Morgan fingerprint density at radius 1 is 1.55 bits per heavy atom. The van der Waals surface area contributed by atoms with Crippen LogP contribution in [0.25, 0.3) is 0 Å². The number of rotatable bonds is 3. The van der Waals surface area contributed by atoms with Gasteiger partial charge in [0.2, 0.25) is 0 Å². The number of nitrogens with one attached hydrogen (secondary N) is 1. The molecular weight excluding hydrogens is 140 g/mol. The van der Waals surface area contributed by atoms with Crippen LogP contribution in [0, 0.1) is 0 Å². The Bertz CT molecular complexity index is 218. The lowest BCUT2D eigenvalue weighted by molar-refractivity contribution is 0.730. The molecule has 0 aliphatic heterocycles. The van der Waals surface area contributed by atoms with E-state index in [9.17, 15) is 0 Å². The predicted octanol–water partition coefficient (Wildman–Crippen LogP) is 0.429. The van der Waals surface area contributed by atoms with Crippen LogP contribution in [0.1, 0.15) is 31.2 Å². The van der Waals surface area contributed by atoms with Crippen molar-refractivity contribution in [2.24, 2.45) is 5.73 Å². The quantitative estimate of drug-likeness (QED) is 0.663. The van der Waals surface area contributed by atoms with Crippen molar-refractivity contribution in [2.75, 3.05) is 6.54 Å². The minimum atomic E-state index is 0.309. The van der Waals surface area contributed by atoms with Crippen LogP contribution in [-0.2, 0) is 6.42 Å². The van der Waals surface area contributed by atoms with Gasteiger partial charge in [-0.05, 0) is 6.42 Å². The van der Waals surface area contributed by atoms with Gasteiger partial charge in [-0.3, -0.25) is 0 Å². The van der Waals surface area contributed by atoms with Gasteiger partial charge in [0.25, 0.3) is 0 Å². The average Bonchev–Trinajstić information content (AvgIpc) is 2.50. The number of hydrogen-bond donors (Lipinski definition) is 2. The first-order chi connectivity index (χ1) is 5.29. The highest BCUT2D eigenvalue weighted by atomic mass is 15.3. The maximum Gasteiger partial charge on any atom is 0.0897 e. The average molecular weight is 154 g/mol. The first kappa shape index (κ1) is 8.20. The van der Waals surface area contributed by atoms with Gasteiger partial charge in [-0.1, -0.05) is 13.8 Å². The van der Waals surface area contributed by atoms with Gasteiger partial charge in [0.05, 0.1) is 11.4 Å². The summed E-state index contributed by atoms with van der Waals surface area (Å²) in [5, 5.41) is 10.7.